The molecule has 0 radical (unpaired) electrons. The number of carboxylic acid groups (broad SMARTS) is 1. The van der Waals surface area contributed by atoms with Crippen LogP contribution in [0.2, 0.25) is 0 Å². The van der Waals surface area contributed by atoms with Gasteiger partial charge in [0.1, 0.15) is 6.04 Å². The van der Waals surface area contributed by atoms with Gasteiger partial charge in [-0.15, -0.1) is 0 Å². The Morgan fingerprint density at radius 1 is 1.17 bits per heavy atom. The van der Waals surface area contributed by atoms with Crippen molar-refractivity contribution in [1.29, 1.82) is 0 Å². The number of carboxylic acids is 1. The lowest BCUT2D eigenvalue weighted by atomic mass is 9.84. The minimum atomic E-state index is -1.04. The zero-order chi connectivity index (χ0) is 14.0. The molecule has 0 aromatic heterocycles. The number of aliphatic hydroxyl groups excluding tert-OH is 1. The van der Waals surface area contributed by atoms with Gasteiger partial charge in [-0.3, -0.25) is 4.79 Å². The summed E-state index contributed by atoms with van der Waals surface area (Å²) < 4.78 is 0. The lowest BCUT2D eigenvalue weighted by Crippen LogP contribution is -2.46. The quantitative estimate of drug-likeness (QED) is 0.786. The normalized spacial score (nSPS) is 24.3. The maximum absolute atomic E-state index is 12.4. The molecular formula is C13H23NO4. The minimum Gasteiger partial charge on any atom is -0.480 e. The summed E-state index contributed by atoms with van der Waals surface area (Å²) in [6.45, 7) is 7.98. The average Bonchev–Trinajstić information content (AvgIpc) is 2.59. The van der Waals surface area contributed by atoms with Crippen LogP contribution in [0.3, 0.4) is 0 Å². The zero-order valence-electron chi connectivity index (χ0n) is 11.5. The first-order valence-electron chi connectivity index (χ1n) is 6.47. The van der Waals surface area contributed by atoms with Crippen LogP contribution in [0, 0.1) is 17.8 Å². The summed E-state index contributed by atoms with van der Waals surface area (Å²) in [6, 6.07) is -0.882. The molecule has 2 atom stereocenters. The van der Waals surface area contributed by atoms with Gasteiger partial charge in [0.25, 0.3) is 0 Å². The van der Waals surface area contributed by atoms with Crippen molar-refractivity contribution in [2.24, 2.45) is 17.8 Å². The highest BCUT2D eigenvalue weighted by atomic mass is 16.4. The second-order valence-corrected chi connectivity index (χ2v) is 5.75. The first kappa shape index (κ1) is 15.0. The summed E-state index contributed by atoms with van der Waals surface area (Å²) in [5, 5.41) is 18.7. The molecular weight excluding hydrogens is 234 g/mol. The Morgan fingerprint density at radius 3 is 2.06 bits per heavy atom. The van der Waals surface area contributed by atoms with E-state index in [0.29, 0.717) is 0 Å². The molecule has 0 bridgehead atoms. The van der Waals surface area contributed by atoms with Crippen LogP contribution >= 0.6 is 0 Å². The van der Waals surface area contributed by atoms with Gasteiger partial charge in [-0.05, 0) is 11.8 Å². The second-order valence-electron chi connectivity index (χ2n) is 5.75. The number of likely N-dealkylation sites (tertiary alicyclic amines) is 1. The number of nitrogens with zero attached hydrogens (tertiary/aromatic N) is 1. The van der Waals surface area contributed by atoms with Gasteiger partial charge in [-0.1, -0.05) is 27.7 Å². The molecule has 1 fully saturated rings. The minimum absolute atomic E-state index is 0.129. The third-order valence-electron chi connectivity index (χ3n) is 3.57. The van der Waals surface area contributed by atoms with Crippen molar-refractivity contribution in [3.8, 4) is 0 Å². The van der Waals surface area contributed by atoms with Crippen LogP contribution in [-0.2, 0) is 9.59 Å². The highest BCUT2D eigenvalue weighted by Crippen LogP contribution is 2.27. The molecule has 5 nitrogen and oxygen atoms in total. The molecule has 1 amide bonds. The Kier molecular flexibility index (Phi) is 4.73. The summed E-state index contributed by atoms with van der Waals surface area (Å²) >= 11 is 0. The Hall–Kier alpha value is -1.10. The molecule has 1 rings (SSSR count). The number of amides is 1. The SMILES string of the molecule is CC(C)C(C(=O)N1C[C@@H](O)C[C@H]1C(=O)O)C(C)C. The summed E-state index contributed by atoms with van der Waals surface area (Å²) in [5.41, 5.74) is 0. The van der Waals surface area contributed by atoms with Gasteiger partial charge in [-0.25, -0.2) is 4.79 Å². The highest BCUT2D eigenvalue weighted by molar-refractivity contribution is 5.86. The molecule has 2 N–H and O–H groups in total. The predicted molar refractivity (Wildman–Crippen MR) is 66.9 cm³/mol. The molecule has 5 heteroatoms. The van der Waals surface area contributed by atoms with Gasteiger partial charge in [0.05, 0.1) is 6.10 Å². The molecule has 0 saturated carbocycles. The fraction of sp³-hybridized carbons (Fsp3) is 0.846. The highest BCUT2D eigenvalue weighted by Gasteiger charge is 2.42. The van der Waals surface area contributed by atoms with Gasteiger partial charge in [-0.2, -0.15) is 0 Å². The molecule has 0 spiro atoms. The molecule has 1 heterocycles. The molecule has 1 saturated heterocycles. The fourth-order valence-electron chi connectivity index (χ4n) is 2.82. The number of hydrogen-bond donors (Lipinski definition) is 2. The fourth-order valence-corrected chi connectivity index (χ4v) is 2.82. The number of aliphatic hydroxyl groups is 1. The average molecular weight is 257 g/mol. The van der Waals surface area contributed by atoms with Crippen molar-refractivity contribution in [2.45, 2.75) is 46.3 Å². The maximum atomic E-state index is 12.4. The van der Waals surface area contributed by atoms with Crippen molar-refractivity contribution < 1.29 is 19.8 Å². The largest absolute Gasteiger partial charge is 0.480 e. The summed E-state index contributed by atoms with van der Waals surface area (Å²) in [5.74, 6) is -1.07. The van der Waals surface area contributed by atoms with Crippen LogP contribution < -0.4 is 0 Å². The van der Waals surface area contributed by atoms with Crippen LogP contribution in [0.1, 0.15) is 34.1 Å². The number of rotatable bonds is 4. The van der Waals surface area contributed by atoms with E-state index in [-0.39, 0.29) is 36.6 Å². The van der Waals surface area contributed by atoms with Crippen molar-refractivity contribution in [3.05, 3.63) is 0 Å². The number of aliphatic carboxylic acids is 1. The van der Waals surface area contributed by atoms with E-state index in [4.69, 9.17) is 5.11 Å². The molecule has 1 aliphatic heterocycles. The third kappa shape index (κ3) is 3.02. The van der Waals surface area contributed by atoms with Crippen LogP contribution in [0.4, 0.5) is 0 Å². The van der Waals surface area contributed by atoms with E-state index in [1.165, 1.54) is 4.90 Å². The molecule has 18 heavy (non-hydrogen) atoms. The summed E-state index contributed by atoms with van der Waals surface area (Å²) in [6.07, 6.45) is -0.598. The number of β-amino-alcohol motifs (C(OH)–C–C–N with tert-alkyl or cyclic N) is 1. The molecule has 104 valence electrons. The number of hydrogen-bond acceptors (Lipinski definition) is 3. The smallest absolute Gasteiger partial charge is 0.326 e. The molecule has 0 unspecified atom stereocenters. The Labute approximate surface area is 108 Å². The Morgan fingerprint density at radius 2 is 1.67 bits per heavy atom. The Balaban J connectivity index is 2.90. The van der Waals surface area contributed by atoms with Crippen molar-refractivity contribution >= 4 is 11.9 Å². The first-order chi connectivity index (χ1) is 8.25. The number of carbonyl (C=O) groups excluding carboxylic acids is 1. The predicted octanol–water partition coefficient (Wildman–Crippen LogP) is 0.961. The monoisotopic (exact) mass is 257 g/mol. The lowest BCUT2D eigenvalue weighted by Gasteiger charge is -2.30. The van der Waals surface area contributed by atoms with Crippen LogP contribution in [0.15, 0.2) is 0 Å². The van der Waals surface area contributed by atoms with Crippen LogP contribution in [-0.4, -0.2) is 45.7 Å². The maximum Gasteiger partial charge on any atom is 0.326 e. The van der Waals surface area contributed by atoms with E-state index in [9.17, 15) is 14.7 Å². The van der Waals surface area contributed by atoms with E-state index in [0.717, 1.165) is 0 Å². The first-order valence-corrected chi connectivity index (χ1v) is 6.47. The van der Waals surface area contributed by atoms with Crippen molar-refractivity contribution in [1.82, 2.24) is 4.90 Å². The van der Waals surface area contributed by atoms with E-state index < -0.39 is 18.1 Å². The summed E-state index contributed by atoms with van der Waals surface area (Å²) in [7, 11) is 0. The molecule has 0 aromatic rings. The van der Waals surface area contributed by atoms with Gasteiger partial charge in [0, 0.05) is 18.9 Å². The van der Waals surface area contributed by atoms with Gasteiger partial charge in [0.2, 0.25) is 5.91 Å². The third-order valence-corrected chi connectivity index (χ3v) is 3.57. The summed E-state index contributed by atoms with van der Waals surface area (Å²) in [4.78, 5) is 24.9. The standard InChI is InChI=1S/C13H23NO4/c1-7(2)11(8(3)4)12(16)14-6-9(15)5-10(14)13(17)18/h7-11,15H,5-6H2,1-4H3,(H,17,18)/t9-,10-/m0/s1. The van der Waals surface area contributed by atoms with Crippen molar-refractivity contribution in [2.75, 3.05) is 6.54 Å². The lowest BCUT2D eigenvalue weighted by molar-refractivity contribution is -0.151. The van der Waals surface area contributed by atoms with Crippen LogP contribution in [0.5, 0.6) is 0 Å². The van der Waals surface area contributed by atoms with E-state index >= 15 is 0 Å². The van der Waals surface area contributed by atoms with E-state index in [1.807, 2.05) is 27.7 Å². The Bertz CT molecular complexity index is 319. The van der Waals surface area contributed by atoms with E-state index in [2.05, 4.69) is 0 Å². The number of carbonyl (C=O) groups is 2. The zero-order valence-corrected chi connectivity index (χ0v) is 11.5. The van der Waals surface area contributed by atoms with E-state index in [1.54, 1.807) is 0 Å². The van der Waals surface area contributed by atoms with Gasteiger partial charge < -0.3 is 15.1 Å². The second kappa shape index (κ2) is 5.69. The molecule has 0 aliphatic carbocycles. The topological polar surface area (TPSA) is 77.8 Å². The van der Waals surface area contributed by atoms with Gasteiger partial charge in [0.15, 0.2) is 0 Å². The van der Waals surface area contributed by atoms with Crippen LogP contribution in [0.25, 0.3) is 0 Å². The molecule has 1 aliphatic rings. The van der Waals surface area contributed by atoms with Crippen molar-refractivity contribution in [3.63, 3.8) is 0 Å². The molecule has 0 aromatic carbocycles. The van der Waals surface area contributed by atoms with Gasteiger partial charge >= 0.3 is 5.97 Å².